The lowest BCUT2D eigenvalue weighted by molar-refractivity contribution is 0.603. The number of thiophene rings is 1. The zero-order valence-electron chi connectivity index (χ0n) is 9.28. The maximum atomic E-state index is 12.1. The number of aryl methyl sites for hydroxylation is 1. The number of nitrogens with one attached hydrogen (secondary N) is 1. The monoisotopic (exact) mass is 409 g/mol. The van der Waals surface area contributed by atoms with Crippen LogP contribution in [0, 0.1) is 6.92 Å². The molecule has 1 aromatic heterocycles. The summed E-state index contributed by atoms with van der Waals surface area (Å²) in [6, 6.07) is 8.69. The van der Waals surface area contributed by atoms with E-state index in [1.165, 1.54) is 11.3 Å². The summed E-state index contributed by atoms with van der Waals surface area (Å²) in [4.78, 5) is 0. The molecule has 0 saturated carbocycles. The van der Waals surface area contributed by atoms with Crippen LogP contribution in [0.5, 0.6) is 0 Å². The van der Waals surface area contributed by atoms with E-state index in [-0.39, 0.29) is 4.21 Å². The lowest BCUT2D eigenvalue weighted by Gasteiger charge is -2.09. The molecule has 7 heteroatoms. The van der Waals surface area contributed by atoms with Crippen molar-refractivity contribution in [2.75, 3.05) is 4.72 Å². The second-order valence-corrected chi connectivity index (χ2v) is 8.91. The lowest BCUT2D eigenvalue weighted by atomic mass is 10.2. The summed E-state index contributed by atoms with van der Waals surface area (Å²) >= 11 is 7.78. The Morgan fingerprint density at radius 3 is 2.44 bits per heavy atom. The largest absolute Gasteiger partial charge is 0.279 e. The Morgan fingerprint density at radius 1 is 1.17 bits per heavy atom. The van der Waals surface area contributed by atoms with E-state index in [0.29, 0.717) is 5.69 Å². The molecule has 0 aliphatic heterocycles. The minimum atomic E-state index is -3.50. The summed E-state index contributed by atoms with van der Waals surface area (Å²) in [5.41, 5.74) is 1.45. The third-order valence-corrected chi connectivity index (χ3v) is 6.22. The molecule has 0 aliphatic carbocycles. The minimum Gasteiger partial charge on any atom is -0.279 e. The Labute approximate surface area is 127 Å². The lowest BCUT2D eigenvalue weighted by Crippen LogP contribution is -2.12. The van der Waals surface area contributed by atoms with E-state index in [2.05, 4.69) is 36.6 Å². The normalized spacial score (nSPS) is 11.5. The van der Waals surface area contributed by atoms with Gasteiger partial charge in [-0.25, -0.2) is 8.42 Å². The summed E-state index contributed by atoms with van der Waals surface area (Å²) < 4.78 is 28.8. The van der Waals surface area contributed by atoms with Crippen molar-refractivity contribution in [3.8, 4) is 0 Å². The first-order valence-electron chi connectivity index (χ1n) is 4.93. The van der Waals surface area contributed by atoms with E-state index >= 15 is 0 Å². The Balaban J connectivity index is 2.33. The second-order valence-electron chi connectivity index (χ2n) is 3.62. The molecule has 0 spiro atoms. The first kappa shape index (κ1) is 14.0. The molecular weight excluding hydrogens is 402 g/mol. The van der Waals surface area contributed by atoms with Crippen LogP contribution in [0.4, 0.5) is 5.69 Å². The maximum Gasteiger partial charge on any atom is 0.271 e. The van der Waals surface area contributed by atoms with E-state index < -0.39 is 10.0 Å². The Hall–Kier alpha value is -0.370. The van der Waals surface area contributed by atoms with E-state index in [9.17, 15) is 8.42 Å². The standard InChI is InChI=1S/C11H9Br2NO2S2/c1-7-6-8(12)2-3-9(7)14-18(15,16)11-5-4-10(13)17-11/h2-6,14H,1H3. The van der Waals surface area contributed by atoms with E-state index in [4.69, 9.17) is 0 Å². The van der Waals surface area contributed by atoms with Gasteiger partial charge in [-0.15, -0.1) is 11.3 Å². The Morgan fingerprint density at radius 2 is 1.89 bits per heavy atom. The molecule has 0 amide bonds. The van der Waals surface area contributed by atoms with Crippen LogP contribution in [0.2, 0.25) is 0 Å². The molecule has 1 N–H and O–H groups in total. The van der Waals surface area contributed by atoms with Crippen molar-refractivity contribution in [3.05, 3.63) is 44.2 Å². The highest BCUT2D eigenvalue weighted by molar-refractivity contribution is 9.11. The highest BCUT2D eigenvalue weighted by Crippen LogP contribution is 2.29. The Bertz CT molecular complexity index is 680. The van der Waals surface area contributed by atoms with Gasteiger partial charge >= 0.3 is 0 Å². The number of hydrogen-bond acceptors (Lipinski definition) is 3. The summed E-state index contributed by atoms with van der Waals surface area (Å²) in [6.45, 7) is 1.85. The average molecular weight is 411 g/mol. The molecule has 1 heterocycles. The molecule has 0 fully saturated rings. The first-order chi connectivity index (χ1) is 8.38. The topological polar surface area (TPSA) is 46.2 Å². The fourth-order valence-electron chi connectivity index (χ4n) is 1.38. The van der Waals surface area contributed by atoms with Crippen LogP contribution in [-0.2, 0) is 10.0 Å². The zero-order valence-corrected chi connectivity index (χ0v) is 14.1. The number of anilines is 1. The first-order valence-corrected chi connectivity index (χ1v) is 8.81. The van der Waals surface area contributed by atoms with Gasteiger partial charge in [0.25, 0.3) is 10.0 Å². The van der Waals surface area contributed by atoms with Gasteiger partial charge in [-0.2, -0.15) is 0 Å². The number of sulfonamides is 1. The molecule has 0 atom stereocenters. The van der Waals surface area contributed by atoms with Crippen molar-refractivity contribution >= 4 is 58.9 Å². The number of hydrogen-bond donors (Lipinski definition) is 1. The van der Waals surface area contributed by atoms with Gasteiger partial charge in [-0.3, -0.25) is 4.72 Å². The highest BCUT2D eigenvalue weighted by atomic mass is 79.9. The third kappa shape index (κ3) is 3.14. The van der Waals surface area contributed by atoms with Gasteiger partial charge in [0.2, 0.25) is 0 Å². The van der Waals surface area contributed by atoms with Gasteiger partial charge < -0.3 is 0 Å². The molecule has 0 saturated heterocycles. The molecule has 0 aliphatic rings. The van der Waals surface area contributed by atoms with Crippen LogP contribution in [-0.4, -0.2) is 8.42 Å². The van der Waals surface area contributed by atoms with Gasteiger partial charge in [-0.05, 0) is 58.7 Å². The van der Waals surface area contributed by atoms with Crippen LogP contribution in [0.3, 0.4) is 0 Å². The van der Waals surface area contributed by atoms with Gasteiger partial charge in [0, 0.05) is 4.47 Å². The number of benzene rings is 1. The molecule has 2 aromatic rings. The molecule has 0 unspecified atom stereocenters. The van der Waals surface area contributed by atoms with E-state index in [1.54, 1.807) is 24.3 Å². The van der Waals surface area contributed by atoms with Crippen LogP contribution in [0.15, 0.2) is 42.8 Å². The molecule has 1 aromatic carbocycles. The third-order valence-electron chi connectivity index (χ3n) is 2.25. The van der Waals surface area contributed by atoms with Gasteiger partial charge in [-0.1, -0.05) is 15.9 Å². The molecule has 18 heavy (non-hydrogen) atoms. The van der Waals surface area contributed by atoms with Crippen molar-refractivity contribution in [3.63, 3.8) is 0 Å². The fourth-order valence-corrected chi connectivity index (χ4v) is 4.99. The van der Waals surface area contributed by atoms with Crippen LogP contribution in [0.25, 0.3) is 0 Å². The number of halogens is 2. The van der Waals surface area contributed by atoms with E-state index in [0.717, 1.165) is 13.8 Å². The molecular formula is C11H9Br2NO2S2. The predicted molar refractivity (Wildman–Crippen MR) is 81.7 cm³/mol. The SMILES string of the molecule is Cc1cc(Br)ccc1NS(=O)(=O)c1ccc(Br)s1. The molecule has 0 radical (unpaired) electrons. The average Bonchev–Trinajstić information content (AvgIpc) is 2.70. The van der Waals surface area contributed by atoms with Crippen molar-refractivity contribution in [1.29, 1.82) is 0 Å². The quantitative estimate of drug-likeness (QED) is 0.815. The summed E-state index contributed by atoms with van der Waals surface area (Å²) in [6.07, 6.45) is 0. The summed E-state index contributed by atoms with van der Waals surface area (Å²) in [7, 11) is -3.50. The molecule has 3 nitrogen and oxygen atoms in total. The van der Waals surface area contributed by atoms with Gasteiger partial charge in [0.1, 0.15) is 4.21 Å². The molecule has 2 rings (SSSR count). The van der Waals surface area contributed by atoms with Crippen LogP contribution in [0.1, 0.15) is 5.56 Å². The van der Waals surface area contributed by atoms with Gasteiger partial charge in [0.15, 0.2) is 0 Å². The molecule has 0 bridgehead atoms. The van der Waals surface area contributed by atoms with Crippen LogP contribution < -0.4 is 4.72 Å². The highest BCUT2D eigenvalue weighted by Gasteiger charge is 2.17. The molecule has 96 valence electrons. The van der Waals surface area contributed by atoms with Crippen LogP contribution >= 0.6 is 43.2 Å². The summed E-state index contributed by atoms with van der Waals surface area (Å²) in [5.74, 6) is 0. The minimum absolute atomic E-state index is 0.289. The maximum absolute atomic E-state index is 12.1. The van der Waals surface area contributed by atoms with Gasteiger partial charge in [0.05, 0.1) is 9.47 Å². The second kappa shape index (κ2) is 5.32. The Kier molecular flexibility index (Phi) is 4.15. The van der Waals surface area contributed by atoms with Crippen molar-refractivity contribution in [2.45, 2.75) is 11.1 Å². The predicted octanol–water partition coefficient (Wildman–Crippen LogP) is 4.38. The number of rotatable bonds is 3. The zero-order chi connectivity index (χ0) is 13.3. The van der Waals surface area contributed by atoms with E-state index in [1.807, 2.05) is 13.0 Å². The fraction of sp³-hybridized carbons (Fsp3) is 0.0909. The van der Waals surface area contributed by atoms with Crippen molar-refractivity contribution in [1.82, 2.24) is 0 Å². The summed E-state index contributed by atoms with van der Waals surface area (Å²) in [5, 5.41) is 0. The smallest absolute Gasteiger partial charge is 0.271 e. The van der Waals surface area contributed by atoms with Crippen molar-refractivity contribution < 1.29 is 8.42 Å². The van der Waals surface area contributed by atoms with Crippen molar-refractivity contribution in [2.24, 2.45) is 0 Å².